The maximum absolute atomic E-state index is 15.1. The quantitative estimate of drug-likeness (QED) is 0.522. The summed E-state index contributed by atoms with van der Waals surface area (Å²) in [5.41, 5.74) is -1.98. The predicted octanol–water partition coefficient (Wildman–Crippen LogP) is 2.86. The van der Waals surface area contributed by atoms with Crippen molar-refractivity contribution in [1.29, 1.82) is 0 Å². The number of pyridine rings is 1. The molecule has 0 spiro atoms. The molecule has 4 rings (SSSR count). The maximum atomic E-state index is 15.1. The Morgan fingerprint density at radius 2 is 1.86 bits per heavy atom. The molecule has 9 nitrogen and oxygen atoms in total. The van der Waals surface area contributed by atoms with Crippen LogP contribution in [0.4, 0.5) is 33.5 Å². The van der Waals surface area contributed by atoms with Crippen molar-refractivity contribution in [3.8, 4) is 5.82 Å². The predicted molar refractivity (Wildman–Crippen MR) is 114 cm³/mol. The van der Waals surface area contributed by atoms with Gasteiger partial charge in [-0.15, -0.1) is 5.10 Å². The normalized spacial score (nSPS) is 14.0. The number of anilines is 2. The van der Waals surface area contributed by atoms with E-state index in [1.807, 2.05) is 0 Å². The third kappa shape index (κ3) is 4.34. The highest BCUT2D eigenvalue weighted by molar-refractivity contribution is 6.34. The van der Waals surface area contributed by atoms with Crippen molar-refractivity contribution in [2.24, 2.45) is 0 Å². The minimum Gasteiger partial charge on any atom is -0.388 e. The first-order chi connectivity index (χ1) is 16.5. The van der Waals surface area contributed by atoms with Crippen molar-refractivity contribution < 1.29 is 31.9 Å². The van der Waals surface area contributed by atoms with Crippen molar-refractivity contribution in [2.75, 3.05) is 23.0 Å². The van der Waals surface area contributed by atoms with Crippen molar-refractivity contribution in [2.45, 2.75) is 26.3 Å². The Morgan fingerprint density at radius 1 is 1.14 bits per heavy atom. The fourth-order valence-corrected chi connectivity index (χ4v) is 4.00. The van der Waals surface area contributed by atoms with Gasteiger partial charge in [0.2, 0.25) is 0 Å². The van der Waals surface area contributed by atoms with Gasteiger partial charge in [0.05, 0.1) is 10.6 Å². The Bertz CT molecular complexity index is 1350. The topological polar surface area (TPSA) is 96.5 Å². The number of benzene rings is 1. The van der Waals surface area contributed by atoms with Gasteiger partial charge in [-0.25, -0.2) is 18.6 Å². The highest BCUT2D eigenvalue weighted by Gasteiger charge is 2.40. The summed E-state index contributed by atoms with van der Waals surface area (Å²) >= 11 is 6.00. The summed E-state index contributed by atoms with van der Waals surface area (Å²) in [6.07, 6.45) is -4.79. The number of rotatable bonds is 5. The molecule has 1 aliphatic rings. The van der Waals surface area contributed by atoms with Crippen LogP contribution in [0, 0.1) is 11.6 Å². The molecule has 1 N–H and O–H groups in total. The molecule has 0 saturated heterocycles. The van der Waals surface area contributed by atoms with E-state index in [1.54, 1.807) is 6.92 Å². The van der Waals surface area contributed by atoms with Gasteiger partial charge in [0, 0.05) is 6.54 Å². The maximum Gasteiger partial charge on any atom is 0.406 e. The van der Waals surface area contributed by atoms with Gasteiger partial charge in [-0.2, -0.15) is 17.9 Å². The second-order valence-corrected chi connectivity index (χ2v) is 7.84. The fraction of sp³-hybridized carbons (Fsp3) is 0.300. The Kier molecular flexibility index (Phi) is 6.27. The van der Waals surface area contributed by atoms with Gasteiger partial charge in [-0.05, 0) is 25.1 Å². The Balaban J connectivity index is 1.91. The summed E-state index contributed by atoms with van der Waals surface area (Å²) < 4.78 is 71.2. The highest BCUT2D eigenvalue weighted by atomic mass is 35.5. The molecular formula is C20H16ClF5N6O3. The van der Waals surface area contributed by atoms with Crippen molar-refractivity contribution in [3.05, 3.63) is 62.8 Å². The molecule has 2 aromatic heterocycles. The van der Waals surface area contributed by atoms with E-state index in [-0.39, 0.29) is 17.4 Å². The largest absolute Gasteiger partial charge is 0.406 e. The highest BCUT2D eigenvalue weighted by Crippen LogP contribution is 2.36. The number of carbonyl (C=O) groups excluding carboxylic acids is 1. The first-order valence-electron chi connectivity index (χ1n) is 10.0. The van der Waals surface area contributed by atoms with Gasteiger partial charge in [0.25, 0.3) is 5.91 Å². The number of hydrogen-bond acceptors (Lipinski definition) is 6. The van der Waals surface area contributed by atoms with Crippen molar-refractivity contribution in [1.82, 2.24) is 19.3 Å². The third-order valence-electron chi connectivity index (χ3n) is 5.20. The first kappa shape index (κ1) is 24.6. The molecule has 3 aromatic rings. The Hall–Kier alpha value is -3.52. The number of aliphatic hydroxyl groups is 1. The van der Waals surface area contributed by atoms with Crippen LogP contribution in [0.25, 0.3) is 5.82 Å². The number of aliphatic hydroxyl groups excluding tert-OH is 1. The molecule has 0 atom stereocenters. The van der Waals surface area contributed by atoms with E-state index < -0.39 is 72.1 Å². The molecule has 0 fully saturated rings. The van der Waals surface area contributed by atoms with E-state index >= 15 is 4.39 Å². The molecule has 1 aliphatic heterocycles. The molecule has 0 bridgehead atoms. The summed E-state index contributed by atoms with van der Waals surface area (Å²) in [5.74, 6) is -4.76. The lowest BCUT2D eigenvalue weighted by Crippen LogP contribution is -2.51. The average Bonchev–Trinajstić information content (AvgIpc) is 3.10. The molecule has 35 heavy (non-hydrogen) atoms. The van der Waals surface area contributed by atoms with E-state index in [4.69, 9.17) is 11.6 Å². The van der Waals surface area contributed by atoms with Crippen LogP contribution < -0.4 is 15.5 Å². The van der Waals surface area contributed by atoms with E-state index in [2.05, 4.69) is 10.1 Å². The van der Waals surface area contributed by atoms with Gasteiger partial charge in [0.1, 0.15) is 37.1 Å². The zero-order valence-corrected chi connectivity index (χ0v) is 18.6. The number of amides is 1. The average molecular weight is 519 g/mol. The minimum atomic E-state index is -4.79. The Labute approximate surface area is 198 Å². The molecule has 186 valence electrons. The second kappa shape index (κ2) is 8.92. The SMILES string of the molecule is CCn1c(CO)nn(-c2nc3c(cc2F)C(=O)N(c2c(F)cccc2Cl)CN3CC(F)(F)F)c1=O. The monoisotopic (exact) mass is 518 g/mol. The van der Waals surface area contributed by atoms with E-state index in [9.17, 15) is 32.3 Å². The lowest BCUT2D eigenvalue weighted by Gasteiger charge is -2.37. The molecule has 0 saturated carbocycles. The van der Waals surface area contributed by atoms with Crippen LogP contribution in [-0.2, 0) is 13.2 Å². The Morgan fingerprint density at radius 3 is 2.43 bits per heavy atom. The van der Waals surface area contributed by atoms with Gasteiger partial charge in [-0.3, -0.25) is 14.3 Å². The zero-order chi connectivity index (χ0) is 25.7. The number of aromatic nitrogens is 4. The molecule has 0 unspecified atom stereocenters. The number of nitrogens with zero attached hydrogens (tertiary/aromatic N) is 6. The number of alkyl halides is 3. The van der Waals surface area contributed by atoms with Gasteiger partial charge in [0.15, 0.2) is 17.5 Å². The molecule has 1 aromatic carbocycles. The number of carbonyl (C=O) groups is 1. The zero-order valence-electron chi connectivity index (χ0n) is 17.9. The lowest BCUT2D eigenvalue weighted by atomic mass is 10.1. The lowest BCUT2D eigenvalue weighted by molar-refractivity contribution is -0.119. The van der Waals surface area contributed by atoms with Crippen LogP contribution in [0.1, 0.15) is 23.1 Å². The fourth-order valence-electron chi connectivity index (χ4n) is 3.73. The summed E-state index contributed by atoms with van der Waals surface area (Å²) in [4.78, 5) is 30.8. The molecule has 1 amide bonds. The molecular weight excluding hydrogens is 503 g/mol. The van der Waals surface area contributed by atoms with Gasteiger partial charge in [-0.1, -0.05) is 17.7 Å². The molecule has 3 heterocycles. The smallest absolute Gasteiger partial charge is 0.388 e. The summed E-state index contributed by atoms with van der Waals surface area (Å²) in [6.45, 7) is -1.48. The van der Waals surface area contributed by atoms with Gasteiger partial charge < -0.3 is 10.0 Å². The first-order valence-corrected chi connectivity index (χ1v) is 10.4. The number of fused-ring (bicyclic) bond motifs is 1. The van der Waals surface area contributed by atoms with Crippen LogP contribution in [0.15, 0.2) is 29.1 Å². The van der Waals surface area contributed by atoms with Crippen LogP contribution in [0.5, 0.6) is 0 Å². The van der Waals surface area contributed by atoms with Crippen molar-refractivity contribution >= 4 is 29.0 Å². The molecule has 0 radical (unpaired) electrons. The number of hydrogen-bond donors (Lipinski definition) is 1. The van der Waals surface area contributed by atoms with Crippen LogP contribution in [-0.4, -0.2) is 49.7 Å². The van der Waals surface area contributed by atoms with E-state index in [1.165, 1.54) is 12.1 Å². The standard InChI is InChI=1S/C20H16ClF5N6O3/c1-2-30-14(7-33)28-32(19(30)35)17-13(23)6-10-16(27-17)29(8-20(24,25)26)9-31(18(10)34)15-11(21)4-3-5-12(15)22/h3-6,33H,2,7-9H2,1H3. The van der Waals surface area contributed by atoms with E-state index in [0.717, 1.165) is 10.6 Å². The summed E-state index contributed by atoms with van der Waals surface area (Å²) in [6, 6.07) is 4.06. The summed E-state index contributed by atoms with van der Waals surface area (Å²) in [5, 5.41) is 13.0. The van der Waals surface area contributed by atoms with Gasteiger partial charge >= 0.3 is 11.9 Å². The van der Waals surface area contributed by atoms with Crippen LogP contribution in [0.3, 0.4) is 0 Å². The third-order valence-corrected chi connectivity index (χ3v) is 5.50. The minimum absolute atomic E-state index is 0.0678. The summed E-state index contributed by atoms with van der Waals surface area (Å²) in [7, 11) is 0. The number of halogens is 6. The van der Waals surface area contributed by atoms with Crippen LogP contribution in [0.2, 0.25) is 5.02 Å². The molecule has 15 heteroatoms. The second-order valence-electron chi connectivity index (χ2n) is 7.44. The van der Waals surface area contributed by atoms with E-state index in [0.29, 0.717) is 20.5 Å². The van der Waals surface area contributed by atoms with Crippen molar-refractivity contribution in [3.63, 3.8) is 0 Å². The number of para-hydroxylation sites is 1. The molecule has 0 aliphatic carbocycles. The van der Waals surface area contributed by atoms with Crippen LogP contribution >= 0.6 is 11.6 Å².